The molecule has 0 saturated carbocycles. The third kappa shape index (κ3) is 1.79. The average molecular weight is 163 g/mol. The van der Waals surface area contributed by atoms with Gasteiger partial charge in [-0.3, -0.25) is 0 Å². The van der Waals surface area contributed by atoms with E-state index in [1.807, 2.05) is 32.9 Å². The van der Waals surface area contributed by atoms with E-state index >= 15 is 0 Å². The van der Waals surface area contributed by atoms with Gasteiger partial charge < -0.3 is 5.11 Å². The Morgan fingerprint density at radius 1 is 1.25 bits per heavy atom. The number of rotatable bonds is 2. The molecule has 0 heterocycles. The lowest BCUT2D eigenvalue weighted by Gasteiger charge is -2.06. The standard InChI is InChI=1S/C11H15O/c1-4-5-10-6-8(2)11(12)9(3)7-10/h4,6-7,12H,5H2,1-3H3. The summed E-state index contributed by atoms with van der Waals surface area (Å²) < 4.78 is 0. The van der Waals surface area contributed by atoms with Gasteiger partial charge in [-0.1, -0.05) is 19.1 Å². The minimum atomic E-state index is 0.426. The number of hydrogen-bond acceptors (Lipinski definition) is 1. The van der Waals surface area contributed by atoms with Crippen molar-refractivity contribution in [1.29, 1.82) is 0 Å². The summed E-state index contributed by atoms with van der Waals surface area (Å²) >= 11 is 0. The molecular formula is C11H15O. The number of aryl methyl sites for hydroxylation is 2. The van der Waals surface area contributed by atoms with Crippen molar-refractivity contribution in [2.24, 2.45) is 0 Å². The number of phenolic OH excluding ortho intramolecular Hbond substituents is 1. The highest BCUT2D eigenvalue weighted by Crippen LogP contribution is 2.23. The van der Waals surface area contributed by atoms with Crippen LogP contribution in [0.4, 0.5) is 0 Å². The molecule has 0 spiro atoms. The molecule has 1 radical (unpaired) electrons. The maximum atomic E-state index is 9.49. The molecule has 1 heteroatoms. The molecular weight excluding hydrogens is 148 g/mol. The van der Waals surface area contributed by atoms with Gasteiger partial charge in [0.2, 0.25) is 0 Å². The SMILES string of the molecule is C[CH]Cc1cc(C)c(O)c(C)c1. The van der Waals surface area contributed by atoms with Crippen molar-refractivity contribution in [2.45, 2.75) is 27.2 Å². The summed E-state index contributed by atoms with van der Waals surface area (Å²) in [5.41, 5.74) is 3.20. The Labute approximate surface area is 74.1 Å². The van der Waals surface area contributed by atoms with Gasteiger partial charge in [-0.2, -0.15) is 0 Å². The van der Waals surface area contributed by atoms with Crippen LogP contribution in [0.15, 0.2) is 12.1 Å². The Bertz CT molecular complexity index is 253. The maximum Gasteiger partial charge on any atom is 0.121 e. The van der Waals surface area contributed by atoms with Gasteiger partial charge in [-0.05, 0) is 43.4 Å². The summed E-state index contributed by atoms with van der Waals surface area (Å²) in [4.78, 5) is 0. The van der Waals surface area contributed by atoms with E-state index < -0.39 is 0 Å². The van der Waals surface area contributed by atoms with Crippen molar-refractivity contribution in [2.75, 3.05) is 0 Å². The Morgan fingerprint density at radius 2 is 1.75 bits per heavy atom. The van der Waals surface area contributed by atoms with Crippen molar-refractivity contribution < 1.29 is 5.11 Å². The first-order valence-corrected chi connectivity index (χ1v) is 4.22. The quantitative estimate of drug-likeness (QED) is 0.710. The van der Waals surface area contributed by atoms with Gasteiger partial charge in [0.1, 0.15) is 5.75 Å². The molecule has 0 atom stereocenters. The zero-order valence-corrected chi connectivity index (χ0v) is 7.89. The average Bonchev–Trinajstić information content (AvgIpc) is 2.01. The molecule has 1 N–H and O–H groups in total. The Balaban J connectivity index is 3.04. The molecule has 1 aromatic rings. The lowest BCUT2D eigenvalue weighted by atomic mass is 10.0. The van der Waals surface area contributed by atoms with Gasteiger partial charge in [-0.15, -0.1) is 0 Å². The molecule has 1 rings (SSSR count). The van der Waals surface area contributed by atoms with Crippen LogP contribution >= 0.6 is 0 Å². The number of benzene rings is 1. The Hall–Kier alpha value is -0.980. The first-order chi connectivity index (χ1) is 5.65. The van der Waals surface area contributed by atoms with E-state index in [1.165, 1.54) is 5.56 Å². The van der Waals surface area contributed by atoms with Crippen LogP contribution in [0.1, 0.15) is 23.6 Å². The highest BCUT2D eigenvalue weighted by molar-refractivity contribution is 5.42. The van der Waals surface area contributed by atoms with Crippen LogP contribution in [-0.2, 0) is 6.42 Å². The monoisotopic (exact) mass is 163 g/mol. The smallest absolute Gasteiger partial charge is 0.121 e. The van der Waals surface area contributed by atoms with Gasteiger partial charge in [0.05, 0.1) is 0 Å². The van der Waals surface area contributed by atoms with E-state index in [2.05, 4.69) is 6.42 Å². The zero-order valence-electron chi connectivity index (χ0n) is 7.89. The minimum Gasteiger partial charge on any atom is -0.507 e. The van der Waals surface area contributed by atoms with Gasteiger partial charge >= 0.3 is 0 Å². The zero-order chi connectivity index (χ0) is 9.14. The van der Waals surface area contributed by atoms with Crippen molar-refractivity contribution in [1.82, 2.24) is 0 Å². The molecule has 0 aliphatic heterocycles. The summed E-state index contributed by atoms with van der Waals surface area (Å²) in [6, 6.07) is 4.06. The highest BCUT2D eigenvalue weighted by atomic mass is 16.3. The molecule has 0 amide bonds. The van der Waals surface area contributed by atoms with Crippen LogP contribution in [0.3, 0.4) is 0 Å². The fourth-order valence-corrected chi connectivity index (χ4v) is 1.40. The third-order valence-electron chi connectivity index (χ3n) is 1.99. The maximum absolute atomic E-state index is 9.49. The minimum absolute atomic E-state index is 0.426. The Morgan fingerprint density at radius 3 is 2.17 bits per heavy atom. The topological polar surface area (TPSA) is 20.2 Å². The van der Waals surface area contributed by atoms with E-state index in [0.717, 1.165) is 17.5 Å². The lowest BCUT2D eigenvalue weighted by molar-refractivity contribution is 0.466. The molecule has 65 valence electrons. The Kier molecular flexibility index (Phi) is 2.74. The molecule has 0 fully saturated rings. The normalized spacial score (nSPS) is 10.2. The predicted octanol–water partition coefficient (Wildman–Crippen LogP) is 2.78. The second-order valence-electron chi connectivity index (χ2n) is 3.19. The molecule has 0 saturated heterocycles. The molecule has 12 heavy (non-hydrogen) atoms. The summed E-state index contributed by atoms with van der Waals surface area (Å²) in [5, 5.41) is 9.49. The fourth-order valence-electron chi connectivity index (χ4n) is 1.40. The number of hydrogen-bond donors (Lipinski definition) is 1. The van der Waals surface area contributed by atoms with Crippen molar-refractivity contribution in [3.8, 4) is 5.75 Å². The third-order valence-corrected chi connectivity index (χ3v) is 1.99. The molecule has 0 aromatic heterocycles. The van der Waals surface area contributed by atoms with Gasteiger partial charge in [0.25, 0.3) is 0 Å². The summed E-state index contributed by atoms with van der Waals surface area (Å²) in [6.45, 7) is 5.90. The number of aromatic hydroxyl groups is 1. The first kappa shape index (κ1) is 9.11. The van der Waals surface area contributed by atoms with E-state index in [1.54, 1.807) is 0 Å². The number of phenols is 1. The summed E-state index contributed by atoms with van der Waals surface area (Å²) in [6.07, 6.45) is 3.09. The summed E-state index contributed by atoms with van der Waals surface area (Å²) in [5.74, 6) is 0.426. The van der Waals surface area contributed by atoms with Crippen LogP contribution in [0.2, 0.25) is 0 Å². The summed E-state index contributed by atoms with van der Waals surface area (Å²) in [7, 11) is 0. The second kappa shape index (κ2) is 3.61. The first-order valence-electron chi connectivity index (χ1n) is 4.22. The van der Waals surface area contributed by atoms with Crippen molar-refractivity contribution in [3.05, 3.63) is 35.2 Å². The highest BCUT2D eigenvalue weighted by Gasteiger charge is 2.01. The van der Waals surface area contributed by atoms with Gasteiger partial charge in [0, 0.05) is 0 Å². The van der Waals surface area contributed by atoms with Crippen LogP contribution in [0, 0.1) is 20.3 Å². The molecule has 1 aromatic carbocycles. The van der Waals surface area contributed by atoms with E-state index in [-0.39, 0.29) is 0 Å². The predicted molar refractivity (Wildman–Crippen MR) is 51.3 cm³/mol. The van der Waals surface area contributed by atoms with Crippen LogP contribution in [0.25, 0.3) is 0 Å². The molecule has 0 aliphatic rings. The lowest BCUT2D eigenvalue weighted by Crippen LogP contribution is -1.88. The van der Waals surface area contributed by atoms with Crippen molar-refractivity contribution in [3.63, 3.8) is 0 Å². The van der Waals surface area contributed by atoms with Gasteiger partial charge in [0.15, 0.2) is 0 Å². The molecule has 0 bridgehead atoms. The van der Waals surface area contributed by atoms with Crippen LogP contribution in [0.5, 0.6) is 5.75 Å². The fraction of sp³-hybridized carbons (Fsp3) is 0.364. The van der Waals surface area contributed by atoms with Crippen molar-refractivity contribution >= 4 is 0 Å². The largest absolute Gasteiger partial charge is 0.507 e. The molecule has 0 unspecified atom stereocenters. The van der Waals surface area contributed by atoms with E-state index in [4.69, 9.17) is 0 Å². The molecule has 0 aliphatic carbocycles. The molecule has 1 nitrogen and oxygen atoms in total. The van der Waals surface area contributed by atoms with E-state index in [0.29, 0.717) is 5.75 Å². The van der Waals surface area contributed by atoms with E-state index in [9.17, 15) is 5.11 Å². The van der Waals surface area contributed by atoms with Crippen LogP contribution < -0.4 is 0 Å². The van der Waals surface area contributed by atoms with Gasteiger partial charge in [-0.25, -0.2) is 0 Å². The second-order valence-corrected chi connectivity index (χ2v) is 3.19. The van der Waals surface area contributed by atoms with Crippen LogP contribution in [-0.4, -0.2) is 5.11 Å².